The lowest BCUT2D eigenvalue weighted by molar-refractivity contribution is -0.123. The van der Waals surface area contributed by atoms with Crippen LogP contribution in [0.4, 0.5) is 5.69 Å². The van der Waals surface area contributed by atoms with Crippen molar-refractivity contribution in [1.82, 2.24) is 19.6 Å². The number of hydrogen-bond acceptors (Lipinski definition) is 6. The topological polar surface area (TPSA) is 108 Å². The van der Waals surface area contributed by atoms with E-state index >= 15 is 0 Å². The van der Waals surface area contributed by atoms with Crippen molar-refractivity contribution < 1.29 is 14.3 Å². The molecule has 0 bridgehead atoms. The molecule has 0 aliphatic rings. The molecule has 9 heteroatoms. The van der Waals surface area contributed by atoms with Crippen LogP contribution in [0.3, 0.4) is 0 Å². The van der Waals surface area contributed by atoms with Crippen molar-refractivity contribution in [3.63, 3.8) is 0 Å². The van der Waals surface area contributed by atoms with Crippen LogP contribution in [0.25, 0.3) is 10.8 Å². The number of anilines is 1. The smallest absolute Gasteiger partial charge is 0.360 e. The number of hydrogen-bond donors (Lipinski definition) is 1. The average Bonchev–Trinajstić information content (AvgIpc) is 2.90. The standard InChI is InChI=1S/C19H21N5O4/c1-10-15(11(2)23(4)21-10)20-17(25)12(3)28-19(27)16-13-8-6-7-9-14(13)18(26)24(5)22-16/h6-9,12H,1-5H3,(H,20,25)/t12-/m1/s1. The molecular formula is C19H21N5O4. The molecular weight excluding hydrogens is 362 g/mol. The molecule has 3 aromatic rings. The number of rotatable bonds is 4. The van der Waals surface area contributed by atoms with Crippen molar-refractivity contribution >= 4 is 28.3 Å². The lowest BCUT2D eigenvalue weighted by Gasteiger charge is -2.14. The van der Waals surface area contributed by atoms with Crippen LogP contribution in [0.15, 0.2) is 29.1 Å². The molecule has 2 aromatic heterocycles. The van der Waals surface area contributed by atoms with Gasteiger partial charge < -0.3 is 10.1 Å². The highest BCUT2D eigenvalue weighted by Gasteiger charge is 2.24. The van der Waals surface area contributed by atoms with Crippen LogP contribution in [-0.2, 0) is 23.6 Å². The van der Waals surface area contributed by atoms with Gasteiger partial charge in [-0.3, -0.25) is 14.3 Å². The molecule has 0 saturated heterocycles. The molecule has 146 valence electrons. The van der Waals surface area contributed by atoms with Crippen molar-refractivity contribution in [2.75, 3.05) is 5.32 Å². The first-order valence-corrected chi connectivity index (χ1v) is 8.68. The van der Waals surface area contributed by atoms with Crippen LogP contribution in [0.2, 0.25) is 0 Å². The predicted molar refractivity (Wildman–Crippen MR) is 103 cm³/mol. The highest BCUT2D eigenvalue weighted by atomic mass is 16.5. The second kappa shape index (κ2) is 7.26. The molecule has 3 rings (SSSR count). The van der Waals surface area contributed by atoms with Gasteiger partial charge >= 0.3 is 5.97 Å². The van der Waals surface area contributed by atoms with Gasteiger partial charge in [-0.2, -0.15) is 10.2 Å². The minimum atomic E-state index is -1.07. The zero-order valence-corrected chi connectivity index (χ0v) is 16.3. The summed E-state index contributed by atoms with van der Waals surface area (Å²) >= 11 is 0. The van der Waals surface area contributed by atoms with E-state index in [1.807, 2.05) is 6.92 Å². The summed E-state index contributed by atoms with van der Waals surface area (Å²) in [4.78, 5) is 37.3. The van der Waals surface area contributed by atoms with Gasteiger partial charge in [0, 0.05) is 19.5 Å². The predicted octanol–water partition coefficient (Wildman–Crippen LogP) is 1.47. The second-order valence-electron chi connectivity index (χ2n) is 6.53. The number of carbonyl (C=O) groups is 2. The fourth-order valence-electron chi connectivity index (χ4n) is 2.90. The highest BCUT2D eigenvalue weighted by Crippen LogP contribution is 2.19. The molecule has 1 N–H and O–H groups in total. The number of nitrogens with one attached hydrogen (secondary N) is 1. The molecule has 1 atom stereocenters. The van der Waals surface area contributed by atoms with Crippen molar-refractivity contribution in [2.45, 2.75) is 26.9 Å². The molecule has 0 saturated carbocycles. The SMILES string of the molecule is Cc1nn(C)c(C)c1NC(=O)[C@@H](C)OC(=O)c1nn(C)c(=O)c2ccccc12. The fourth-order valence-corrected chi connectivity index (χ4v) is 2.90. The normalized spacial score (nSPS) is 12.0. The van der Waals surface area contributed by atoms with Gasteiger partial charge in [-0.25, -0.2) is 9.48 Å². The second-order valence-corrected chi connectivity index (χ2v) is 6.53. The first-order chi connectivity index (χ1) is 13.2. The van der Waals surface area contributed by atoms with Gasteiger partial charge in [0.15, 0.2) is 11.8 Å². The Morgan fingerprint density at radius 3 is 2.32 bits per heavy atom. The summed E-state index contributed by atoms with van der Waals surface area (Å²) in [5, 5.41) is 11.7. The van der Waals surface area contributed by atoms with Gasteiger partial charge in [-0.1, -0.05) is 18.2 Å². The average molecular weight is 383 g/mol. The maximum absolute atomic E-state index is 12.6. The number of carbonyl (C=O) groups excluding carboxylic acids is 2. The zero-order valence-electron chi connectivity index (χ0n) is 16.3. The lowest BCUT2D eigenvalue weighted by Crippen LogP contribution is -2.31. The monoisotopic (exact) mass is 383 g/mol. The largest absolute Gasteiger partial charge is 0.448 e. The molecule has 1 aromatic carbocycles. The minimum absolute atomic E-state index is 0.0221. The number of aromatic nitrogens is 4. The summed E-state index contributed by atoms with van der Waals surface area (Å²) in [7, 11) is 3.23. The van der Waals surface area contributed by atoms with Crippen LogP contribution in [-0.4, -0.2) is 37.5 Å². The van der Waals surface area contributed by atoms with E-state index in [1.165, 1.54) is 14.0 Å². The van der Waals surface area contributed by atoms with Crippen molar-refractivity contribution in [2.24, 2.45) is 14.1 Å². The Kier molecular flexibility index (Phi) is 5.00. The number of benzene rings is 1. The lowest BCUT2D eigenvalue weighted by atomic mass is 10.1. The summed E-state index contributed by atoms with van der Waals surface area (Å²) in [5.41, 5.74) is 1.69. The van der Waals surface area contributed by atoms with Gasteiger partial charge in [0.2, 0.25) is 0 Å². The Morgan fingerprint density at radius 2 is 1.71 bits per heavy atom. The Hall–Kier alpha value is -3.49. The van der Waals surface area contributed by atoms with E-state index in [9.17, 15) is 14.4 Å². The van der Waals surface area contributed by atoms with Crippen molar-refractivity contribution in [3.05, 3.63) is 51.7 Å². The van der Waals surface area contributed by atoms with Crippen LogP contribution in [0, 0.1) is 13.8 Å². The Balaban J connectivity index is 1.83. The van der Waals surface area contributed by atoms with Crippen molar-refractivity contribution in [1.29, 1.82) is 0 Å². The number of ether oxygens (including phenoxy) is 1. The number of nitrogens with zero attached hydrogens (tertiary/aromatic N) is 4. The Bertz CT molecular complexity index is 1150. The number of aryl methyl sites for hydroxylation is 3. The fraction of sp³-hybridized carbons (Fsp3) is 0.316. The van der Waals surface area contributed by atoms with Crippen LogP contribution in [0.5, 0.6) is 0 Å². The zero-order chi connectivity index (χ0) is 20.6. The summed E-state index contributed by atoms with van der Waals surface area (Å²) in [6, 6.07) is 6.63. The summed E-state index contributed by atoms with van der Waals surface area (Å²) < 4.78 is 8.03. The third kappa shape index (κ3) is 3.38. The molecule has 0 aliphatic heterocycles. The van der Waals surface area contributed by atoms with Gasteiger partial charge in [0.25, 0.3) is 11.5 Å². The molecule has 0 spiro atoms. The van der Waals surface area contributed by atoms with E-state index in [4.69, 9.17) is 4.74 Å². The van der Waals surface area contributed by atoms with Gasteiger partial charge in [-0.15, -0.1) is 0 Å². The number of esters is 1. The maximum atomic E-state index is 12.6. The molecule has 0 radical (unpaired) electrons. The molecule has 0 fully saturated rings. The van der Waals surface area contributed by atoms with E-state index in [-0.39, 0.29) is 11.3 Å². The summed E-state index contributed by atoms with van der Waals surface area (Å²) in [6.07, 6.45) is -1.07. The molecule has 9 nitrogen and oxygen atoms in total. The first kappa shape index (κ1) is 19.3. The van der Waals surface area contributed by atoms with E-state index in [0.29, 0.717) is 22.2 Å². The van der Waals surface area contributed by atoms with Gasteiger partial charge in [-0.05, 0) is 26.8 Å². The van der Waals surface area contributed by atoms with Gasteiger partial charge in [0.1, 0.15) is 0 Å². The third-order valence-corrected chi connectivity index (χ3v) is 4.56. The quantitative estimate of drug-likeness (QED) is 0.684. The van der Waals surface area contributed by atoms with Crippen molar-refractivity contribution in [3.8, 4) is 0 Å². The molecule has 2 heterocycles. The molecule has 0 aliphatic carbocycles. The van der Waals surface area contributed by atoms with Crippen LogP contribution < -0.4 is 10.9 Å². The summed E-state index contributed by atoms with van der Waals surface area (Å²) in [6.45, 7) is 5.07. The van der Waals surface area contributed by atoms with E-state index < -0.39 is 18.0 Å². The van der Waals surface area contributed by atoms with Gasteiger partial charge in [0.05, 0.1) is 22.5 Å². The maximum Gasteiger partial charge on any atom is 0.360 e. The van der Waals surface area contributed by atoms with E-state index in [0.717, 1.165) is 10.4 Å². The molecule has 28 heavy (non-hydrogen) atoms. The number of fused-ring (bicyclic) bond motifs is 1. The highest BCUT2D eigenvalue weighted by molar-refractivity contribution is 6.03. The minimum Gasteiger partial charge on any atom is -0.448 e. The van der Waals surface area contributed by atoms with Crippen LogP contribution in [0.1, 0.15) is 28.8 Å². The Labute approximate surface area is 160 Å². The molecule has 1 amide bonds. The Morgan fingerprint density at radius 1 is 1.07 bits per heavy atom. The summed E-state index contributed by atoms with van der Waals surface area (Å²) in [5.74, 6) is -1.27. The van der Waals surface area contributed by atoms with Crippen LogP contribution >= 0.6 is 0 Å². The van der Waals surface area contributed by atoms with E-state index in [1.54, 1.807) is 42.9 Å². The third-order valence-electron chi connectivity index (χ3n) is 4.56. The molecule has 0 unspecified atom stereocenters. The number of amides is 1. The van der Waals surface area contributed by atoms with E-state index in [2.05, 4.69) is 15.5 Å². The first-order valence-electron chi connectivity index (χ1n) is 8.68.